The van der Waals surface area contributed by atoms with Gasteiger partial charge in [0.15, 0.2) is 5.75 Å². The summed E-state index contributed by atoms with van der Waals surface area (Å²) in [6, 6.07) is 3.16. The molecule has 0 saturated carbocycles. The molecule has 0 aliphatic rings. The summed E-state index contributed by atoms with van der Waals surface area (Å²) in [6.45, 7) is 3.78. The molecule has 0 aliphatic heterocycles. The largest absolute Gasteiger partial charge is 0.462 e. The van der Waals surface area contributed by atoms with E-state index in [0.717, 1.165) is 4.88 Å². The lowest BCUT2D eigenvalue weighted by atomic mass is 10.2. The molecule has 6 nitrogen and oxygen atoms in total. The van der Waals surface area contributed by atoms with Gasteiger partial charge in [-0.1, -0.05) is 6.92 Å². The smallest absolute Gasteiger partial charge is 0.341 e. The molecule has 1 N–H and O–H groups in total. The standard InChI is InChI=1S/C11H14N2O4S2/c1-3-8-7-9(11(14)17-4-2)10(18-8)13-19(15,16)6-5-12/h7,13H,3-4,6H2,1-2H3. The summed E-state index contributed by atoms with van der Waals surface area (Å²) in [5.41, 5.74) is 0.185. The van der Waals surface area contributed by atoms with Gasteiger partial charge in [-0.25, -0.2) is 13.2 Å². The number of hydrogen-bond donors (Lipinski definition) is 1. The Kier molecular flexibility index (Phi) is 5.32. The first-order valence-corrected chi connectivity index (χ1v) is 8.07. The van der Waals surface area contributed by atoms with Gasteiger partial charge in [-0.05, 0) is 19.4 Å². The third-order valence-electron chi connectivity index (χ3n) is 2.13. The molecule has 8 heteroatoms. The van der Waals surface area contributed by atoms with Crippen LogP contribution in [0.25, 0.3) is 0 Å². The topological polar surface area (TPSA) is 96.3 Å². The molecule has 0 atom stereocenters. The van der Waals surface area contributed by atoms with Crippen LogP contribution in [0.2, 0.25) is 0 Å². The van der Waals surface area contributed by atoms with Gasteiger partial charge >= 0.3 is 5.97 Å². The van der Waals surface area contributed by atoms with E-state index < -0.39 is 21.7 Å². The van der Waals surface area contributed by atoms with Crippen molar-refractivity contribution in [2.75, 3.05) is 17.1 Å². The number of sulfonamides is 1. The Hall–Kier alpha value is -1.59. The molecule has 0 amide bonds. The van der Waals surface area contributed by atoms with E-state index in [1.54, 1.807) is 19.1 Å². The number of nitriles is 1. The van der Waals surface area contributed by atoms with Gasteiger partial charge in [0.1, 0.15) is 5.00 Å². The molecule has 19 heavy (non-hydrogen) atoms. The van der Waals surface area contributed by atoms with Crippen LogP contribution in [0, 0.1) is 11.3 Å². The summed E-state index contributed by atoms with van der Waals surface area (Å²) in [6.07, 6.45) is 0.678. The van der Waals surface area contributed by atoms with Gasteiger partial charge in [0.2, 0.25) is 10.0 Å². The Morgan fingerprint density at radius 2 is 2.21 bits per heavy atom. The van der Waals surface area contributed by atoms with Crippen molar-refractivity contribution in [1.29, 1.82) is 5.26 Å². The minimum Gasteiger partial charge on any atom is -0.462 e. The van der Waals surface area contributed by atoms with Gasteiger partial charge in [0, 0.05) is 4.88 Å². The first-order valence-electron chi connectivity index (χ1n) is 5.60. The molecule has 1 heterocycles. The van der Waals surface area contributed by atoms with Crippen LogP contribution in [-0.2, 0) is 21.2 Å². The Morgan fingerprint density at radius 1 is 1.53 bits per heavy atom. The molecule has 1 rings (SSSR count). The predicted octanol–water partition coefficient (Wildman–Crippen LogP) is 1.75. The second kappa shape index (κ2) is 6.54. The number of carbonyl (C=O) groups is 1. The maximum absolute atomic E-state index is 11.7. The molecule has 0 spiro atoms. The number of anilines is 1. The van der Waals surface area contributed by atoms with Crippen LogP contribution in [-0.4, -0.2) is 26.7 Å². The second-order valence-electron chi connectivity index (χ2n) is 3.55. The van der Waals surface area contributed by atoms with Crippen molar-refractivity contribution in [1.82, 2.24) is 0 Å². The van der Waals surface area contributed by atoms with E-state index in [1.807, 2.05) is 6.92 Å². The highest BCUT2D eigenvalue weighted by atomic mass is 32.2. The van der Waals surface area contributed by atoms with Gasteiger partial charge in [-0.2, -0.15) is 5.26 Å². The summed E-state index contributed by atoms with van der Waals surface area (Å²) in [7, 11) is -3.76. The number of thiophene rings is 1. The number of aryl methyl sites for hydroxylation is 1. The van der Waals surface area contributed by atoms with Gasteiger partial charge in [0.05, 0.1) is 18.2 Å². The fraction of sp³-hybridized carbons (Fsp3) is 0.455. The molecular formula is C11H14N2O4S2. The zero-order valence-corrected chi connectivity index (χ0v) is 12.2. The van der Waals surface area contributed by atoms with Crippen LogP contribution in [0.3, 0.4) is 0 Å². The highest BCUT2D eigenvalue weighted by molar-refractivity contribution is 7.93. The molecule has 0 saturated heterocycles. The van der Waals surface area contributed by atoms with Gasteiger partial charge in [-0.15, -0.1) is 11.3 Å². The van der Waals surface area contributed by atoms with Crippen LogP contribution >= 0.6 is 11.3 Å². The van der Waals surface area contributed by atoms with E-state index in [2.05, 4.69) is 4.72 Å². The quantitative estimate of drug-likeness (QED) is 0.808. The van der Waals surface area contributed by atoms with Crippen molar-refractivity contribution in [2.45, 2.75) is 20.3 Å². The fourth-order valence-corrected chi connectivity index (χ4v) is 3.33. The minimum atomic E-state index is -3.76. The van der Waals surface area contributed by atoms with Crippen molar-refractivity contribution in [3.05, 3.63) is 16.5 Å². The summed E-state index contributed by atoms with van der Waals surface area (Å²) in [5, 5.41) is 8.64. The maximum Gasteiger partial charge on any atom is 0.341 e. The van der Waals surface area contributed by atoms with E-state index >= 15 is 0 Å². The molecule has 0 bridgehead atoms. The monoisotopic (exact) mass is 302 g/mol. The summed E-state index contributed by atoms with van der Waals surface area (Å²) >= 11 is 1.17. The van der Waals surface area contributed by atoms with E-state index in [1.165, 1.54) is 11.3 Å². The zero-order chi connectivity index (χ0) is 14.5. The lowest BCUT2D eigenvalue weighted by Gasteiger charge is -2.05. The van der Waals surface area contributed by atoms with Crippen molar-refractivity contribution in [3.8, 4) is 6.07 Å². The second-order valence-corrected chi connectivity index (χ2v) is 6.41. The van der Waals surface area contributed by atoms with Crippen LogP contribution in [0.15, 0.2) is 6.07 Å². The summed E-state index contributed by atoms with van der Waals surface area (Å²) < 4.78 is 30.2. The molecule has 0 fully saturated rings. The van der Waals surface area contributed by atoms with Gasteiger partial charge in [-0.3, -0.25) is 4.72 Å². The molecule has 0 aromatic carbocycles. The highest BCUT2D eigenvalue weighted by Gasteiger charge is 2.20. The van der Waals surface area contributed by atoms with Gasteiger partial charge < -0.3 is 4.74 Å². The third-order valence-corrected chi connectivity index (χ3v) is 4.48. The minimum absolute atomic E-state index is 0.185. The SMILES string of the molecule is CCOC(=O)c1cc(CC)sc1NS(=O)(=O)CC#N. The number of hydrogen-bond acceptors (Lipinski definition) is 6. The molecule has 0 unspecified atom stereocenters. The van der Waals surface area contributed by atoms with Crippen molar-refractivity contribution in [2.24, 2.45) is 0 Å². The van der Waals surface area contributed by atoms with Crippen LogP contribution in [0.5, 0.6) is 0 Å². The first-order chi connectivity index (χ1) is 8.93. The van der Waals surface area contributed by atoms with Crippen LogP contribution < -0.4 is 4.72 Å². The number of esters is 1. The van der Waals surface area contributed by atoms with Crippen LogP contribution in [0.1, 0.15) is 29.1 Å². The number of ether oxygens (including phenoxy) is 1. The van der Waals surface area contributed by atoms with Crippen molar-refractivity contribution >= 4 is 32.3 Å². The normalized spacial score (nSPS) is 10.8. The van der Waals surface area contributed by atoms with E-state index in [-0.39, 0.29) is 17.2 Å². The predicted molar refractivity (Wildman–Crippen MR) is 72.7 cm³/mol. The first kappa shape index (κ1) is 15.5. The average molecular weight is 302 g/mol. The number of nitrogens with zero attached hydrogens (tertiary/aromatic N) is 1. The van der Waals surface area contributed by atoms with Gasteiger partial charge in [0.25, 0.3) is 0 Å². The number of rotatable bonds is 6. The lowest BCUT2D eigenvalue weighted by molar-refractivity contribution is 0.0528. The fourth-order valence-electron chi connectivity index (χ4n) is 1.31. The zero-order valence-electron chi connectivity index (χ0n) is 10.6. The summed E-state index contributed by atoms with van der Waals surface area (Å²) in [4.78, 5) is 12.6. The molecule has 1 aromatic rings. The third kappa shape index (κ3) is 4.22. The van der Waals surface area contributed by atoms with E-state index in [4.69, 9.17) is 10.00 Å². The Balaban J connectivity index is 3.09. The maximum atomic E-state index is 11.7. The van der Waals surface area contributed by atoms with E-state index in [0.29, 0.717) is 6.42 Å². The molecule has 104 valence electrons. The number of carbonyl (C=O) groups excluding carboxylic acids is 1. The highest BCUT2D eigenvalue weighted by Crippen LogP contribution is 2.30. The molecule has 0 radical (unpaired) electrons. The lowest BCUT2D eigenvalue weighted by Crippen LogP contribution is -2.17. The molecule has 1 aromatic heterocycles. The Labute approximate surface area is 116 Å². The summed E-state index contributed by atoms with van der Waals surface area (Å²) in [5.74, 6) is -1.23. The number of nitrogens with one attached hydrogen (secondary N) is 1. The Morgan fingerprint density at radius 3 is 2.74 bits per heavy atom. The van der Waals surface area contributed by atoms with E-state index in [9.17, 15) is 13.2 Å². The average Bonchev–Trinajstić information content (AvgIpc) is 2.71. The molecular weight excluding hydrogens is 288 g/mol. The van der Waals surface area contributed by atoms with Crippen molar-refractivity contribution in [3.63, 3.8) is 0 Å². The Bertz CT molecular complexity index is 599. The molecule has 0 aliphatic carbocycles. The van der Waals surface area contributed by atoms with Crippen molar-refractivity contribution < 1.29 is 17.9 Å². The van der Waals surface area contributed by atoms with Crippen LogP contribution in [0.4, 0.5) is 5.00 Å².